The van der Waals surface area contributed by atoms with Gasteiger partial charge in [0.25, 0.3) is 0 Å². The minimum absolute atomic E-state index is 0.690. The number of nitrogens with two attached hydrogens (primary N) is 1. The maximum Gasteiger partial charge on any atom is 0.0594 e. The summed E-state index contributed by atoms with van der Waals surface area (Å²) >= 11 is 0. The van der Waals surface area contributed by atoms with Gasteiger partial charge in [-0.3, -0.25) is 4.90 Å². The first-order chi connectivity index (χ1) is 8.88. The minimum Gasteiger partial charge on any atom is -0.379 e. The quantitative estimate of drug-likeness (QED) is 0.724. The SMILES string of the molecule is NCCNCc1ccc(CN2CCOCC2)cc1. The standard InChI is InChI=1S/C14H23N3O/c15-5-6-16-11-13-1-3-14(4-2-13)12-17-7-9-18-10-8-17/h1-4,16H,5-12,15H2. The van der Waals surface area contributed by atoms with Crippen molar-refractivity contribution in [2.45, 2.75) is 13.1 Å². The van der Waals surface area contributed by atoms with E-state index < -0.39 is 0 Å². The first-order valence-electron chi connectivity index (χ1n) is 6.67. The van der Waals surface area contributed by atoms with Crippen molar-refractivity contribution in [2.75, 3.05) is 39.4 Å². The molecule has 4 nitrogen and oxygen atoms in total. The van der Waals surface area contributed by atoms with Gasteiger partial charge in [-0.2, -0.15) is 0 Å². The van der Waals surface area contributed by atoms with Crippen LogP contribution in [0.2, 0.25) is 0 Å². The molecule has 1 saturated heterocycles. The molecule has 18 heavy (non-hydrogen) atoms. The number of nitrogens with zero attached hydrogens (tertiary/aromatic N) is 1. The Bertz CT molecular complexity index is 333. The Balaban J connectivity index is 1.79. The van der Waals surface area contributed by atoms with Crippen molar-refractivity contribution in [1.82, 2.24) is 10.2 Å². The Morgan fingerprint density at radius 2 is 1.78 bits per heavy atom. The fourth-order valence-electron chi connectivity index (χ4n) is 2.11. The van der Waals surface area contributed by atoms with E-state index in [0.29, 0.717) is 6.54 Å². The van der Waals surface area contributed by atoms with E-state index in [9.17, 15) is 0 Å². The van der Waals surface area contributed by atoms with Crippen LogP contribution in [0.15, 0.2) is 24.3 Å². The normalized spacial score (nSPS) is 16.9. The third-order valence-corrected chi connectivity index (χ3v) is 3.18. The zero-order valence-corrected chi connectivity index (χ0v) is 10.9. The number of hydrogen-bond donors (Lipinski definition) is 2. The van der Waals surface area contributed by atoms with E-state index in [1.54, 1.807) is 0 Å². The van der Waals surface area contributed by atoms with Crippen LogP contribution in [0, 0.1) is 0 Å². The van der Waals surface area contributed by atoms with E-state index in [1.807, 2.05) is 0 Å². The summed E-state index contributed by atoms with van der Waals surface area (Å²) in [7, 11) is 0. The molecule has 1 heterocycles. The van der Waals surface area contributed by atoms with Crippen LogP contribution in [0.4, 0.5) is 0 Å². The topological polar surface area (TPSA) is 50.5 Å². The lowest BCUT2D eigenvalue weighted by Gasteiger charge is -2.26. The van der Waals surface area contributed by atoms with E-state index in [4.69, 9.17) is 10.5 Å². The highest BCUT2D eigenvalue weighted by atomic mass is 16.5. The molecular weight excluding hydrogens is 226 g/mol. The van der Waals surface area contributed by atoms with E-state index in [1.165, 1.54) is 11.1 Å². The van der Waals surface area contributed by atoms with Gasteiger partial charge in [-0.05, 0) is 11.1 Å². The summed E-state index contributed by atoms with van der Waals surface area (Å²) in [6, 6.07) is 8.82. The van der Waals surface area contributed by atoms with Gasteiger partial charge in [-0.1, -0.05) is 24.3 Å². The Morgan fingerprint density at radius 1 is 1.11 bits per heavy atom. The molecule has 0 aromatic heterocycles. The highest BCUT2D eigenvalue weighted by Crippen LogP contribution is 2.09. The molecule has 4 heteroatoms. The van der Waals surface area contributed by atoms with Gasteiger partial charge >= 0.3 is 0 Å². The first-order valence-corrected chi connectivity index (χ1v) is 6.67. The Labute approximate surface area is 109 Å². The molecular formula is C14H23N3O. The Kier molecular flexibility index (Phi) is 5.61. The molecule has 1 aliphatic rings. The van der Waals surface area contributed by atoms with Gasteiger partial charge in [-0.25, -0.2) is 0 Å². The van der Waals surface area contributed by atoms with Gasteiger partial charge in [0.15, 0.2) is 0 Å². The molecule has 1 aromatic rings. The van der Waals surface area contributed by atoms with Crippen molar-refractivity contribution in [1.29, 1.82) is 0 Å². The number of nitrogens with one attached hydrogen (secondary N) is 1. The average Bonchev–Trinajstić information content (AvgIpc) is 2.42. The minimum atomic E-state index is 0.690. The average molecular weight is 249 g/mol. The predicted molar refractivity (Wildman–Crippen MR) is 73.3 cm³/mol. The molecule has 100 valence electrons. The number of morpholine rings is 1. The number of hydrogen-bond acceptors (Lipinski definition) is 4. The fraction of sp³-hybridized carbons (Fsp3) is 0.571. The van der Waals surface area contributed by atoms with Crippen LogP contribution in [0.1, 0.15) is 11.1 Å². The van der Waals surface area contributed by atoms with Crippen molar-refractivity contribution in [2.24, 2.45) is 5.73 Å². The highest BCUT2D eigenvalue weighted by Gasteiger charge is 2.10. The van der Waals surface area contributed by atoms with E-state index >= 15 is 0 Å². The Hall–Kier alpha value is -0.940. The zero-order chi connectivity index (χ0) is 12.6. The maximum absolute atomic E-state index is 5.44. The van der Waals surface area contributed by atoms with Crippen LogP contribution in [0.3, 0.4) is 0 Å². The summed E-state index contributed by atoms with van der Waals surface area (Å²) in [4.78, 5) is 2.44. The van der Waals surface area contributed by atoms with Gasteiger partial charge in [0.2, 0.25) is 0 Å². The smallest absolute Gasteiger partial charge is 0.0594 e. The van der Waals surface area contributed by atoms with Crippen LogP contribution >= 0.6 is 0 Å². The molecule has 1 fully saturated rings. The lowest BCUT2D eigenvalue weighted by Crippen LogP contribution is -2.35. The lowest BCUT2D eigenvalue weighted by molar-refractivity contribution is 0.0342. The third-order valence-electron chi connectivity index (χ3n) is 3.18. The van der Waals surface area contributed by atoms with E-state index in [-0.39, 0.29) is 0 Å². The third kappa shape index (κ3) is 4.38. The van der Waals surface area contributed by atoms with Gasteiger partial charge in [-0.15, -0.1) is 0 Å². The molecule has 0 atom stereocenters. The van der Waals surface area contributed by atoms with Crippen molar-refractivity contribution in [3.63, 3.8) is 0 Å². The summed E-state index contributed by atoms with van der Waals surface area (Å²) in [6.45, 7) is 7.29. The van der Waals surface area contributed by atoms with Gasteiger partial charge in [0.1, 0.15) is 0 Å². The van der Waals surface area contributed by atoms with Gasteiger partial charge in [0.05, 0.1) is 13.2 Å². The summed E-state index contributed by atoms with van der Waals surface area (Å²) in [5.41, 5.74) is 8.13. The van der Waals surface area contributed by atoms with Crippen molar-refractivity contribution >= 4 is 0 Å². The molecule has 1 aromatic carbocycles. The van der Waals surface area contributed by atoms with Gasteiger partial charge in [0, 0.05) is 39.3 Å². The fourth-order valence-corrected chi connectivity index (χ4v) is 2.11. The second-order valence-corrected chi connectivity index (χ2v) is 4.67. The van der Waals surface area contributed by atoms with Crippen molar-refractivity contribution in [3.8, 4) is 0 Å². The molecule has 0 saturated carbocycles. The molecule has 0 amide bonds. The second-order valence-electron chi connectivity index (χ2n) is 4.67. The van der Waals surface area contributed by atoms with Crippen LogP contribution < -0.4 is 11.1 Å². The lowest BCUT2D eigenvalue weighted by atomic mass is 10.1. The number of ether oxygens (including phenoxy) is 1. The summed E-state index contributed by atoms with van der Waals surface area (Å²) in [6.07, 6.45) is 0. The predicted octanol–water partition coefficient (Wildman–Crippen LogP) is 0.567. The number of benzene rings is 1. The monoisotopic (exact) mass is 249 g/mol. The maximum atomic E-state index is 5.44. The van der Waals surface area contributed by atoms with Crippen LogP contribution in [-0.4, -0.2) is 44.3 Å². The molecule has 0 aliphatic carbocycles. The zero-order valence-electron chi connectivity index (χ0n) is 10.9. The molecule has 0 spiro atoms. The summed E-state index contributed by atoms with van der Waals surface area (Å²) in [5.74, 6) is 0. The molecule has 0 unspecified atom stereocenters. The second kappa shape index (κ2) is 7.48. The molecule has 2 rings (SSSR count). The van der Waals surface area contributed by atoms with Crippen LogP contribution in [0.5, 0.6) is 0 Å². The van der Waals surface area contributed by atoms with Crippen LogP contribution in [0.25, 0.3) is 0 Å². The van der Waals surface area contributed by atoms with Crippen molar-refractivity contribution < 1.29 is 4.74 Å². The van der Waals surface area contributed by atoms with Crippen molar-refractivity contribution in [3.05, 3.63) is 35.4 Å². The molecule has 0 radical (unpaired) electrons. The molecule has 3 N–H and O–H groups in total. The number of rotatable bonds is 6. The van der Waals surface area contributed by atoms with Gasteiger partial charge < -0.3 is 15.8 Å². The van der Waals surface area contributed by atoms with Crippen LogP contribution in [-0.2, 0) is 17.8 Å². The Morgan fingerprint density at radius 3 is 2.44 bits per heavy atom. The largest absolute Gasteiger partial charge is 0.379 e. The summed E-state index contributed by atoms with van der Waals surface area (Å²) in [5, 5.41) is 3.30. The highest BCUT2D eigenvalue weighted by molar-refractivity contribution is 5.22. The first kappa shape index (κ1) is 13.5. The summed E-state index contributed by atoms with van der Waals surface area (Å²) < 4.78 is 5.35. The van der Waals surface area contributed by atoms with E-state index in [2.05, 4.69) is 34.5 Å². The molecule has 0 bridgehead atoms. The molecule has 1 aliphatic heterocycles. The van der Waals surface area contributed by atoms with E-state index in [0.717, 1.165) is 45.9 Å².